The Bertz CT molecular complexity index is 583. The minimum Gasteiger partial charge on any atom is -0.325 e. The fourth-order valence-corrected chi connectivity index (χ4v) is 2.37. The lowest BCUT2D eigenvalue weighted by Gasteiger charge is -2.26. The van der Waals surface area contributed by atoms with Crippen LogP contribution in [0.15, 0.2) is 30.3 Å². The van der Waals surface area contributed by atoms with Crippen molar-refractivity contribution >= 4 is 17.8 Å². The van der Waals surface area contributed by atoms with Crippen LogP contribution >= 0.6 is 0 Å². The Hall–Kier alpha value is -2.25. The van der Waals surface area contributed by atoms with E-state index in [4.69, 9.17) is 10.6 Å². The molecule has 130 valence electrons. The van der Waals surface area contributed by atoms with Crippen molar-refractivity contribution in [2.24, 2.45) is 11.7 Å². The number of benzene rings is 1. The third kappa shape index (κ3) is 4.18. The lowest BCUT2D eigenvalue weighted by atomic mass is 10.0. The molecule has 0 aromatic heterocycles. The molecule has 1 aromatic carbocycles. The van der Waals surface area contributed by atoms with Gasteiger partial charge in [0.2, 0.25) is 0 Å². The highest BCUT2D eigenvalue weighted by atomic mass is 16.7. The number of rotatable bonds is 4. The molecule has 1 heterocycles. The lowest BCUT2D eigenvalue weighted by molar-refractivity contribution is -0.183. The van der Waals surface area contributed by atoms with Gasteiger partial charge in [-0.1, -0.05) is 37.1 Å². The summed E-state index contributed by atoms with van der Waals surface area (Å²) in [4.78, 5) is 42.5. The summed E-state index contributed by atoms with van der Waals surface area (Å²) in [6.07, 6.45) is 1.41. The average Bonchev–Trinajstić information content (AvgIpc) is 3.12. The predicted octanol–water partition coefficient (Wildman–Crippen LogP) is 0.849. The first-order valence-electron chi connectivity index (χ1n) is 8.06. The maximum absolute atomic E-state index is 12.6. The molecule has 2 rings (SSSR count). The predicted molar refractivity (Wildman–Crippen MR) is 87.5 cm³/mol. The second kappa shape index (κ2) is 8.03. The van der Waals surface area contributed by atoms with Crippen molar-refractivity contribution in [1.82, 2.24) is 10.4 Å². The first-order chi connectivity index (χ1) is 11.4. The smallest absolute Gasteiger partial charge is 0.325 e. The summed E-state index contributed by atoms with van der Waals surface area (Å²) in [6.45, 7) is 4.21. The van der Waals surface area contributed by atoms with Crippen molar-refractivity contribution in [3.05, 3.63) is 35.9 Å². The van der Waals surface area contributed by atoms with Gasteiger partial charge in [-0.05, 0) is 37.4 Å². The largest absolute Gasteiger partial charge is 0.363 e. The molecule has 2 atom stereocenters. The Morgan fingerprint density at radius 1 is 1.25 bits per heavy atom. The van der Waals surface area contributed by atoms with Crippen LogP contribution in [0.2, 0.25) is 0 Å². The number of hydrogen-bond donors (Lipinski definition) is 2. The van der Waals surface area contributed by atoms with Crippen LogP contribution in [-0.4, -0.2) is 41.5 Å². The van der Waals surface area contributed by atoms with Crippen LogP contribution in [0, 0.1) is 5.92 Å². The van der Waals surface area contributed by atoms with E-state index in [2.05, 4.69) is 5.32 Å². The second-order valence-electron chi connectivity index (χ2n) is 6.13. The van der Waals surface area contributed by atoms with Gasteiger partial charge in [-0.3, -0.25) is 9.59 Å². The molecule has 0 bridgehead atoms. The molecule has 2 amide bonds. The van der Waals surface area contributed by atoms with Crippen LogP contribution in [0.4, 0.5) is 0 Å². The molecular weight excluding hydrogens is 310 g/mol. The molecule has 1 saturated heterocycles. The number of amides is 2. The lowest BCUT2D eigenvalue weighted by Crippen LogP contribution is -2.53. The molecule has 7 nitrogen and oxygen atoms in total. The van der Waals surface area contributed by atoms with Gasteiger partial charge in [0.15, 0.2) is 0 Å². The first kappa shape index (κ1) is 18.1. The first-order valence-corrected chi connectivity index (χ1v) is 8.06. The van der Waals surface area contributed by atoms with Crippen molar-refractivity contribution in [3.8, 4) is 0 Å². The summed E-state index contributed by atoms with van der Waals surface area (Å²) in [5.41, 5.74) is 6.11. The number of hydrogen-bond acceptors (Lipinski definition) is 6. The highest BCUT2D eigenvalue weighted by Crippen LogP contribution is 2.14. The topological polar surface area (TPSA) is 102 Å². The fourth-order valence-electron chi connectivity index (χ4n) is 2.37. The average molecular weight is 333 g/mol. The van der Waals surface area contributed by atoms with E-state index in [1.807, 2.05) is 0 Å². The second-order valence-corrected chi connectivity index (χ2v) is 6.13. The number of imide groups is 1. The molecule has 0 radical (unpaired) electrons. The van der Waals surface area contributed by atoms with Gasteiger partial charge < -0.3 is 15.9 Å². The molecule has 0 spiro atoms. The number of nitrogens with zero attached hydrogens (tertiary/aromatic N) is 1. The van der Waals surface area contributed by atoms with E-state index in [9.17, 15) is 14.4 Å². The summed E-state index contributed by atoms with van der Waals surface area (Å²) in [7, 11) is 0. The van der Waals surface area contributed by atoms with Crippen molar-refractivity contribution in [1.29, 1.82) is 0 Å². The molecule has 0 unspecified atom stereocenters. The van der Waals surface area contributed by atoms with Crippen LogP contribution in [-0.2, 0) is 14.4 Å². The molecule has 1 aliphatic rings. The minimum absolute atomic E-state index is 0.195. The van der Waals surface area contributed by atoms with Gasteiger partial charge in [-0.2, -0.15) is 0 Å². The number of carbonyl (C=O) groups excluding carboxylic acids is 3. The van der Waals surface area contributed by atoms with E-state index >= 15 is 0 Å². The molecule has 1 fully saturated rings. The zero-order chi connectivity index (χ0) is 17.7. The molecular formula is C17H23N3O4. The van der Waals surface area contributed by atoms with Crippen molar-refractivity contribution in [3.63, 3.8) is 0 Å². The highest BCUT2D eigenvalue weighted by Gasteiger charge is 2.37. The summed E-state index contributed by atoms with van der Waals surface area (Å²) in [5, 5.41) is 3.53. The van der Waals surface area contributed by atoms with Crippen molar-refractivity contribution < 1.29 is 19.2 Å². The molecule has 1 aliphatic heterocycles. The Morgan fingerprint density at radius 2 is 1.92 bits per heavy atom. The highest BCUT2D eigenvalue weighted by molar-refractivity contribution is 6.01. The van der Waals surface area contributed by atoms with Crippen LogP contribution in [0.5, 0.6) is 0 Å². The molecule has 1 aromatic rings. The monoisotopic (exact) mass is 333 g/mol. The van der Waals surface area contributed by atoms with Gasteiger partial charge in [-0.15, -0.1) is 0 Å². The van der Waals surface area contributed by atoms with Gasteiger partial charge in [0, 0.05) is 0 Å². The summed E-state index contributed by atoms with van der Waals surface area (Å²) >= 11 is 0. The fraction of sp³-hybridized carbons (Fsp3) is 0.471. The van der Waals surface area contributed by atoms with Crippen molar-refractivity contribution in [2.45, 2.75) is 38.8 Å². The van der Waals surface area contributed by atoms with Crippen LogP contribution in [0.3, 0.4) is 0 Å². The van der Waals surface area contributed by atoms with E-state index in [1.165, 1.54) is 0 Å². The summed E-state index contributed by atoms with van der Waals surface area (Å²) < 4.78 is 0. The van der Waals surface area contributed by atoms with Gasteiger partial charge >= 0.3 is 5.97 Å². The SMILES string of the molecule is CC(C)[C@H](N)C(=O)N(OC(=O)c1ccccc1)C(=O)[C@@H]1CCCN1. The van der Waals surface area contributed by atoms with Gasteiger partial charge in [0.05, 0.1) is 17.6 Å². The van der Waals surface area contributed by atoms with Crippen LogP contribution in [0.1, 0.15) is 37.0 Å². The van der Waals surface area contributed by atoms with Gasteiger partial charge in [-0.25, -0.2) is 4.79 Å². The van der Waals surface area contributed by atoms with E-state index in [0.29, 0.717) is 18.0 Å². The molecule has 7 heteroatoms. The van der Waals surface area contributed by atoms with Crippen LogP contribution < -0.4 is 11.1 Å². The number of carbonyl (C=O) groups is 3. The van der Waals surface area contributed by atoms with Crippen molar-refractivity contribution in [2.75, 3.05) is 6.54 Å². The summed E-state index contributed by atoms with van der Waals surface area (Å²) in [5.74, 6) is -2.27. The molecule has 0 saturated carbocycles. The summed E-state index contributed by atoms with van der Waals surface area (Å²) in [6, 6.07) is 6.71. The molecule has 3 N–H and O–H groups in total. The third-order valence-corrected chi connectivity index (χ3v) is 3.95. The molecule has 0 aliphatic carbocycles. The standard InChI is InChI=1S/C17H23N3O4/c1-11(2)14(18)16(22)20(15(21)13-9-6-10-19-13)24-17(23)12-7-4-3-5-8-12/h3-5,7-8,11,13-14,19H,6,9-10,18H2,1-2H3/t13-,14-/m0/s1. The van der Waals surface area contributed by atoms with E-state index in [0.717, 1.165) is 6.42 Å². The number of nitrogens with one attached hydrogen (secondary N) is 1. The van der Waals surface area contributed by atoms with E-state index in [-0.39, 0.29) is 11.5 Å². The minimum atomic E-state index is -0.932. The molecule has 24 heavy (non-hydrogen) atoms. The zero-order valence-corrected chi connectivity index (χ0v) is 13.9. The Morgan fingerprint density at radius 3 is 2.46 bits per heavy atom. The van der Waals surface area contributed by atoms with E-state index < -0.39 is 29.9 Å². The van der Waals surface area contributed by atoms with E-state index in [1.54, 1.807) is 44.2 Å². The van der Waals surface area contributed by atoms with Gasteiger partial charge in [0.25, 0.3) is 11.8 Å². The third-order valence-electron chi connectivity index (χ3n) is 3.95. The Balaban J connectivity index is 2.20. The van der Waals surface area contributed by atoms with Crippen LogP contribution in [0.25, 0.3) is 0 Å². The Kier molecular flexibility index (Phi) is 6.05. The maximum atomic E-state index is 12.6. The number of hydroxylamine groups is 2. The zero-order valence-electron chi connectivity index (χ0n) is 13.9. The quantitative estimate of drug-likeness (QED) is 0.792. The normalized spacial score (nSPS) is 18.2. The Labute approximate surface area is 141 Å². The maximum Gasteiger partial charge on any atom is 0.363 e. The number of nitrogens with two attached hydrogens (primary N) is 1. The van der Waals surface area contributed by atoms with Gasteiger partial charge in [0.1, 0.15) is 0 Å².